The van der Waals surface area contributed by atoms with E-state index in [4.69, 9.17) is 5.73 Å². The zero-order valence-corrected chi connectivity index (χ0v) is 12.2. The van der Waals surface area contributed by atoms with Crippen molar-refractivity contribution in [2.24, 2.45) is 11.7 Å². The minimum atomic E-state index is -0.507. The van der Waals surface area contributed by atoms with Crippen LogP contribution in [0.25, 0.3) is 0 Å². The molecule has 1 aliphatic rings. The number of hydrogen-bond donors (Lipinski definition) is 2. The topological polar surface area (TPSA) is 66.6 Å². The van der Waals surface area contributed by atoms with E-state index in [1.165, 1.54) is 6.42 Å². The lowest BCUT2D eigenvalue weighted by atomic mass is 9.91. The standard InChI is InChI=1S/C16H24N2O2/c1-11-4-3-9-18(12(11)2)16(20)15(17)10-13-5-7-14(19)8-6-13/h5-8,11-12,15,19H,3-4,9-10,17H2,1-2H3/t11?,12?,15-/m1/s1. The van der Waals surface area contributed by atoms with Crippen LogP contribution in [-0.4, -0.2) is 34.5 Å². The van der Waals surface area contributed by atoms with Gasteiger partial charge in [0.05, 0.1) is 6.04 Å². The van der Waals surface area contributed by atoms with Gasteiger partial charge in [0.15, 0.2) is 0 Å². The van der Waals surface area contributed by atoms with E-state index in [-0.39, 0.29) is 17.7 Å². The molecule has 4 nitrogen and oxygen atoms in total. The maximum Gasteiger partial charge on any atom is 0.240 e. The smallest absolute Gasteiger partial charge is 0.240 e. The molecule has 0 bridgehead atoms. The maximum atomic E-state index is 12.5. The number of piperidine rings is 1. The fourth-order valence-corrected chi connectivity index (χ4v) is 2.83. The van der Waals surface area contributed by atoms with E-state index in [0.29, 0.717) is 12.3 Å². The molecule has 20 heavy (non-hydrogen) atoms. The van der Waals surface area contributed by atoms with E-state index in [1.54, 1.807) is 12.1 Å². The zero-order chi connectivity index (χ0) is 14.7. The first kappa shape index (κ1) is 14.9. The van der Waals surface area contributed by atoms with Crippen LogP contribution in [0.2, 0.25) is 0 Å². The number of nitrogens with zero attached hydrogens (tertiary/aromatic N) is 1. The number of phenols is 1. The number of phenolic OH excluding ortho intramolecular Hbond substituents is 1. The lowest BCUT2D eigenvalue weighted by Crippen LogP contribution is -2.52. The van der Waals surface area contributed by atoms with E-state index in [0.717, 1.165) is 18.5 Å². The summed E-state index contributed by atoms with van der Waals surface area (Å²) in [5.74, 6) is 0.804. The second-order valence-corrected chi connectivity index (χ2v) is 5.87. The number of carbonyl (C=O) groups is 1. The summed E-state index contributed by atoms with van der Waals surface area (Å²) in [6.45, 7) is 5.11. The number of likely N-dealkylation sites (tertiary alicyclic amines) is 1. The molecule has 3 N–H and O–H groups in total. The average Bonchev–Trinajstić information content (AvgIpc) is 2.43. The summed E-state index contributed by atoms with van der Waals surface area (Å²) in [7, 11) is 0. The van der Waals surface area contributed by atoms with Crippen LogP contribution < -0.4 is 5.73 Å². The molecule has 0 aromatic heterocycles. The van der Waals surface area contributed by atoms with Gasteiger partial charge in [-0.1, -0.05) is 19.1 Å². The molecule has 2 rings (SSSR count). The van der Waals surface area contributed by atoms with Crippen molar-refractivity contribution < 1.29 is 9.90 Å². The van der Waals surface area contributed by atoms with Crippen LogP contribution in [0, 0.1) is 5.92 Å². The summed E-state index contributed by atoms with van der Waals surface area (Å²) in [6.07, 6.45) is 2.75. The molecule has 0 aliphatic carbocycles. The van der Waals surface area contributed by atoms with E-state index >= 15 is 0 Å². The summed E-state index contributed by atoms with van der Waals surface area (Å²) in [4.78, 5) is 14.4. The van der Waals surface area contributed by atoms with Crippen molar-refractivity contribution in [2.45, 2.75) is 45.2 Å². The van der Waals surface area contributed by atoms with Crippen molar-refractivity contribution in [1.29, 1.82) is 0 Å². The van der Waals surface area contributed by atoms with E-state index in [9.17, 15) is 9.90 Å². The molecule has 3 atom stereocenters. The lowest BCUT2D eigenvalue weighted by molar-refractivity contribution is -0.137. The Balaban J connectivity index is 1.99. The van der Waals surface area contributed by atoms with Gasteiger partial charge in [0.2, 0.25) is 5.91 Å². The third-order valence-corrected chi connectivity index (χ3v) is 4.37. The Kier molecular flexibility index (Phi) is 4.65. The van der Waals surface area contributed by atoms with Crippen LogP contribution in [0.4, 0.5) is 0 Å². The summed E-state index contributed by atoms with van der Waals surface area (Å²) < 4.78 is 0. The molecule has 0 radical (unpaired) electrons. The van der Waals surface area contributed by atoms with Gasteiger partial charge in [-0.05, 0) is 49.8 Å². The Morgan fingerprint density at radius 3 is 2.70 bits per heavy atom. The number of nitrogens with two attached hydrogens (primary N) is 1. The highest BCUT2D eigenvalue weighted by Crippen LogP contribution is 2.23. The normalized spacial score (nSPS) is 24.4. The van der Waals surface area contributed by atoms with Crippen LogP contribution in [0.5, 0.6) is 5.75 Å². The molecular weight excluding hydrogens is 252 g/mol. The Bertz CT molecular complexity index is 458. The molecule has 1 fully saturated rings. The number of aromatic hydroxyl groups is 1. The van der Waals surface area contributed by atoms with Crippen molar-refractivity contribution in [1.82, 2.24) is 4.90 Å². The number of benzene rings is 1. The fraction of sp³-hybridized carbons (Fsp3) is 0.562. The summed E-state index contributed by atoms with van der Waals surface area (Å²) in [5, 5.41) is 9.26. The number of amides is 1. The van der Waals surface area contributed by atoms with Crippen LogP contribution in [0.1, 0.15) is 32.3 Å². The van der Waals surface area contributed by atoms with Gasteiger partial charge >= 0.3 is 0 Å². The first-order valence-electron chi connectivity index (χ1n) is 7.33. The molecule has 1 saturated heterocycles. The number of carbonyl (C=O) groups excluding carboxylic acids is 1. The fourth-order valence-electron chi connectivity index (χ4n) is 2.83. The van der Waals surface area contributed by atoms with Crippen LogP contribution in [0.3, 0.4) is 0 Å². The Morgan fingerprint density at radius 1 is 1.40 bits per heavy atom. The van der Waals surface area contributed by atoms with Crippen molar-refractivity contribution in [3.63, 3.8) is 0 Å². The highest BCUT2D eigenvalue weighted by Gasteiger charge is 2.31. The first-order chi connectivity index (χ1) is 9.49. The maximum absolute atomic E-state index is 12.5. The van der Waals surface area contributed by atoms with Gasteiger partial charge in [0.1, 0.15) is 5.75 Å². The Hall–Kier alpha value is -1.55. The predicted molar refractivity (Wildman–Crippen MR) is 79.4 cm³/mol. The molecule has 1 amide bonds. The van der Waals surface area contributed by atoms with Crippen LogP contribution >= 0.6 is 0 Å². The van der Waals surface area contributed by atoms with Gasteiger partial charge in [-0.2, -0.15) is 0 Å². The Morgan fingerprint density at radius 2 is 2.05 bits per heavy atom. The first-order valence-corrected chi connectivity index (χ1v) is 7.33. The van der Waals surface area contributed by atoms with Gasteiger partial charge in [-0.15, -0.1) is 0 Å². The zero-order valence-electron chi connectivity index (χ0n) is 12.2. The van der Waals surface area contributed by atoms with Crippen LogP contribution in [-0.2, 0) is 11.2 Å². The monoisotopic (exact) mass is 276 g/mol. The third-order valence-electron chi connectivity index (χ3n) is 4.37. The van der Waals surface area contributed by atoms with E-state index < -0.39 is 6.04 Å². The molecule has 2 unspecified atom stereocenters. The van der Waals surface area contributed by atoms with Crippen molar-refractivity contribution >= 4 is 5.91 Å². The molecular formula is C16H24N2O2. The van der Waals surface area contributed by atoms with Gasteiger partial charge in [0.25, 0.3) is 0 Å². The van der Waals surface area contributed by atoms with Gasteiger partial charge in [0, 0.05) is 12.6 Å². The molecule has 1 aliphatic heterocycles. The second kappa shape index (κ2) is 6.27. The number of hydrogen-bond acceptors (Lipinski definition) is 3. The predicted octanol–water partition coefficient (Wildman–Crippen LogP) is 1.91. The van der Waals surface area contributed by atoms with E-state index in [1.807, 2.05) is 17.0 Å². The summed E-state index contributed by atoms with van der Waals surface area (Å²) in [5.41, 5.74) is 7.05. The summed E-state index contributed by atoms with van der Waals surface area (Å²) in [6, 6.07) is 6.63. The largest absolute Gasteiger partial charge is 0.508 e. The SMILES string of the molecule is CC1CCCN(C(=O)[C@H](N)Cc2ccc(O)cc2)C1C. The molecule has 1 aromatic carbocycles. The second-order valence-electron chi connectivity index (χ2n) is 5.87. The quantitative estimate of drug-likeness (QED) is 0.886. The number of rotatable bonds is 3. The minimum absolute atomic E-state index is 0.0390. The van der Waals surface area contributed by atoms with Crippen molar-refractivity contribution in [3.8, 4) is 5.75 Å². The Labute approximate surface area is 120 Å². The minimum Gasteiger partial charge on any atom is -0.508 e. The van der Waals surface area contributed by atoms with Gasteiger partial charge < -0.3 is 15.7 Å². The molecule has 1 heterocycles. The van der Waals surface area contributed by atoms with Gasteiger partial charge in [-0.25, -0.2) is 0 Å². The summed E-state index contributed by atoms with van der Waals surface area (Å²) >= 11 is 0. The molecule has 1 aromatic rings. The van der Waals surface area contributed by atoms with Crippen molar-refractivity contribution in [3.05, 3.63) is 29.8 Å². The van der Waals surface area contributed by atoms with E-state index in [2.05, 4.69) is 13.8 Å². The molecule has 4 heteroatoms. The molecule has 0 spiro atoms. The third kappa shape index (κ3) is 3.31. The average molecular weight is 276 g/mol. The highest BCUT2D eigenvalue weighted by molar-refractivity contribution is 5.82. The molecule has 110 valence electrons. The van der Waals surface area contributed by atoms with Gasteiger partial charge in [-0.3, -0.25) is 4.79 Å². The van der Waals surface area contributed by atoms with Crippen LogP contribution in [0.15, 0.2) is 24.3 Å². The highest BCUT2D eigenvalue weighted by atomic mass is 16.3. The molecule has 0 saturated carbocycles. The van der Waals surface area contributed by atoms with Crippen molar-refractivity contribution in [2.75, 3.05) is 6.54 Å². The lowest BCUT2D eigenvalue weighted by Gasteiger charge is -2.39.